The van der Waals surface area contributed by atoms with Crippen molar-refractivity contribution in [1.82, 2.24) is 0 Å². The maximum Gasteiger partial charge on any atom is 0.0814 e. The van der Waals surface area contributed by atoms with Crippen LogP contribution in [0.4, 0.5) is 0 Å². The molecule has 0 aromatic carbocycles. The highest BCUT2D eigenvalue weighted by Gasteiger charge is 2.34. The maximum atomic E-state index is 10.4. The van der Waals surface area contributed by atoms with E-state index in [1.165, 1.54) is 69.8 Å². The molecule has 0 aliphatic heterocycles. The Kier molecular flexibility index (Phi) is 14.7. The number of hydrogen-bond donors (Lipinski definition) is 1. The summed E-state index contributed by atoms with van der Waals surface area (Å²) in [5.41, 5.74) is 2.92. The molecule has 0 aromatic heterocycles. The van der Waals surface area contributed by atoms with Crippen molar-refractivity contribution in [1.29, 1.82) is 0 Å². The van der Waals surface area contributed by atoms with Crippen molar-refractivity contribution in [3.05, 3.63) is 23.3 Å². The minimum atomic E-state index is -0.317. The lowest BCUT2D eigenvalue weighted by atomic mass is 9.76. The first-order chi connectivity index (χ1) is 14.8. The van der Waals surface area contributed by atoms with E-state index in [2.05, 4.69) is 60.6 Å². The van der Waals surface area contributed by atoms with Crippen LogP contribution in [0, 0.1) is 23.7 Å². The van der Waals surface area contributed by atoms with Gasteiger partial charge in [0.1, 0.15) is 0 Å². The van der Waals surface area contributed by atoms with Crippen LogP contribution in [0.2, 0.25) is 0 Å². The van der Waals surface area contributed by atoms with Crippen molar-refractivity contribution < 1.29 is 9.84 Å². The first-order valence-electron chi connectivity index (χ1n) is 13.5. The zero-order valence-electron chi connectivity index (χ0n) is 22.0. The molecule has 0 saturated carbocycles. The third-order valence-corrected chi connectivity index (χ3v) is 7.58. The minimum absolute atomic E-state index is 0.190. The zero-order valence-corrected chi connectivity index (χ0v) is 22.0. The van der Waals surface area contributed by atoms with Gasteiger partial charge in [-0.1, -0.05) is 90.9 Å². The van der Waals surface area contributed by atoms with E-state index in [0.717, 1.165) is 24.9 Å². The lowest BCUT2D eigenvalue weighted by Crippen LogP contribution is -2.39. The number of aliphatic hydroxyl groups is 1. The summed E-state index contributed by atoms with van der Waals surface area (Å²) in [7, 11) is 0. The average Bonchev–Trinajstić information content (AvgIpc) is 2.73. The normalized spacial score (nSPS) is 26.6. The van der Waals surface area contributed by atoms with E-state index in [4.69, 9.17) is 4.74 Å². The lowest BCUT2D eigenvalue weighted by molar-refractivity contribution is -0.00631. The molecule has 1 aliphatic carbocycles. The lowest BCUT2D eigenvalue weighted by Gasteiger charge is -2.37. The van der Waals surface area contributed by atoms with Gasteiger partial charge in [-0.3, -0.25) is 0 Å². The predicted molar refractivity (Wildman–Crippen MR) is 136 cm³/mol. The van der Waals surface area contributed by atoms with Gasteiger partial charge in [-0.15, -0.1) is 0 Å². The molecule has 6 unspecified atom stereocenters. The van der Waals surface area contributed by atoms with Crippen LogP contribution in [0.25, 0.3) is 0 Å². The first kappa shape index (κ1) is 28.4. The highest BCUT2D eigenvalue weighted by Crippen LogP contribution is 2.35. The molecule has 0 amide bonds. The predicted octanol–water partition coefficient (Wildman–Crippen LogP) is 8.49. The fourth-order valence-corrected chi connectivity index (χ4v) is 4.95. The highest BCUT2D eigenvalue weighted by molar-refractivity contribution is 5.18. The Labute approximate surface area is 194 Å². The van der Waals surface area contributed by atoms with Crippen molar-refractivity contribution >= 4 is 0 Å². The molecule has 6 atom stereocenters. The van der Waals surface area contributed by atoms with Gasteiger partial charge in [-0.2, -0.15) is 0 Å². The van der Waals surface area contributed by atoms with Gasteiger partial charge in [0.25, 0.3) is 0 Å². The molecule has 0 bridgehead atoms. The molecule has 0 radical (unpaired) electrons. The molecule has 0 saturated heterocycles. The minimum Gasteiger partial charge on any atom is -0.389 e. The smallest absolute Gasteiger partial charge is 0.0814 e. The second-order valence-corrected chi connectivity index (χ2v) is 10.6. The Morgan fingerprint density at radius 3 is 2.29 bits per heavy atom. The average molecular weight is 435 g/mol. The summed E-state index contributed by atoms with van der Waals surface area (Å²) in [4.78, 5) is 0. The van der Waals surface area contributed by atoms with Crippen LogP contribution >= 0.6 is 0 Å². The SMILES string of the molecule is CCCCC=C(C)CCCC(C)CCCC(C)CCC1=CC(O)C(C)C(C)C1OCC. The molecule has 0 heterocycles. The van der Waals surface area contributed by atoms with Gasteiger partial charge in [0.05, 0.1) is 12.2 Å². The van der Waals surface area contributed by atoms with E-state index in [1.807, 2.05) is 0 Å². The molecule has 2 heteroatoms. The zero-order chi connectivity index (χ0) is 23.2. The Morgan fingerprint density at radius 2 is 1.65 bits per heavy atom. The van der Waals surface area contributed by atoms with Crippen LogP contribution in [0.1, 0.15) is 119 Å². The van der Waals surface area contributed by atoms with Gasteiger partial charge < -0.3 is 9.84 Å². The Hall–Kier alpha value is -0.600. The maximum absolute atomic E-state index is 10.4. The van der Waals surface area contributed by atoms with Crippen LogP contribution in [0.5, 0.6) is 0 Å². The summed E-state index contributed by atoms with van der Waals surface area (Å²) in [6.45, 7) is 16.6. The standard InChI is InChI=1S/C29H54O2/c1-8-10-11-14-22(3)15-12-16-23(4)17-13-18-24(5)19-20-27-21-28(30)25(6)26(7)29(27)31-9-2/h14,21,23-26,28-30H,8-13,15-20H2,1-7H3. The second kappa shape index (κ2) is 16.1. The van der Waals surface area contributed by atoms with E-state index in [9.17, 15) is 5.11 Å². The number of unbranched alkanes of at least 4 members (excludes halogenated alkanes) is 2. The van der Waals surface area contributed by atoms with E-state index < -0.39 is 0 Å². The van der Waals surface area contributed by atoms with Crippen LogP contribution < -0.4 is 0 Å². The van der Waals surface area contributed by atoms with E-state index in [0.29, 0.717) is 5.92 Å². The first-order valence-corrected chi connectivity index (χ1v) is 13.5. The van der Waals surface area contributed by atoms with Crippen molar-refractivity contribution in [2.45, 2.75) is 131 Å². The third-order valence-electron chi connectivity index (χ3n) is 7.58. The summed E-state index contributed by atoms with van der Waals surface area (Å²) < 4.78 is 6.07. The van der Waals surface area contributed by atoms with E-state index in [-0.39, 0.29) is 18.1 Å². The summed E-state index contributed by atoms with van der Waals surface area (Å²) in [5.74, 6) is 2.24. The molecule has 1 rings (SSSR count). The summed E-state index contributed by atoms with van der Waals surface area (Å²) >= 11 is 0. The van der Waals surface area contributed by atoms with Crippen molar-refractivity contribution in [2.75, 3.05) is 6.61 Å². The topological polar surface area (TPSA) is 29.5 Å². The molecule has 1 N–H and O–H groups in total. The molecule has 0 aromatic rings. The number of hydrogen-bond acceptors (Lipinski definition) is 2. The number of allylic oxidation sites excluding steroid dienone is 2. The van der Waals surface area contributed by atoms with Crippen molar-refractivity contribution in [3.63, 3.8) is 0 Å². The molecule has 1 aliphatic rings. The summed E-state index contributed by atoms with van der Waals surface area (Å²) in [6, 6.07) is 0. The molecule has 0 spiro atoms. The van der Waals surface area contributed by atoms with Gasteiger partial charge in [0.15, 0.2) is 0 Å². The van der Waals surface area contributed by atoms with Crippen LogP contribution in [-0.4, -0.2) is 23.9 Å². The largest absolute Gasteiger partial charge is 0.389 e. The molecule has 0 fully saturated rings. The molecule has 182 valence electrons. The fourth-order valence-electron chi connectivity index (χ4n) is 4.95. The number of ether oxygens (including phenoxy) is 1. The number of aliphatic hydroxyl groups excluding tert-OH is 1. The Bertz CT molecular complexity index is 521. The Morgan fingerprint density at radius 1 is 1.00 bits per heavy atom. The van der Waals surface area contributed by atoms with Crippen LogP contribution in [0.3, 0.4) is 0 Å². The molecular formula is C29H54O2. The molecular weight excluding hydrogens is 380 g/mol. The van der Waals surface area contributed by atoms with Gasteiger partial charge in [-0.25, -0.2) is 0 Å². The van der Waals surface area contributed by atoms with Crippen LogP contribution in [0.15, 0.2) is 23.3 Å². The van der Waals surface area contributed by atoms with E-state index >= 15 is 0 Å². The second-order valence-electron chi connectivity index (χ2n) is 10.6. The summed E-state index contributed by atoms with van der Waals surface area (Å²) in [5, 5.41) is 10.4. The highest BCUT2D eigenvalue weighted by atomic mass is 16.5. The molecule has 2 nitrogen and oxygen atoms in total. The summed E-state index contributed by atoms with van der Waals surface area (Å²) in [6.07, 6.45) is 18.6. The monoisotopic (exact) mass is 434 g/mol. The molecule has 31 heavy (non-hydrogen) atoms. The van der Waals surface area contributed by atoms with Crippen molar-refractivity contribution in [3.8, 4) is 0 Å². The quantitative estimate of drug-likeness (QED) is 0.195. The Balaban J connectivity index is 2.27. The van der Waals surface area contributed by atoms with Gasteiger partial charge in [0.2, 0.25) is 0 Å². The van der Waals surface area contributed by atoms with E-state index in [1.54, 1.807) is 5.57 Å². The van der Waals surface area contributed by atoms with Crippen LogP contribution in [-0.2, 0) is 4.74 Å². The van der Waals surface area contributed by atoms with Gasteiger partial charge in [-0.05, 0) is 75.2 Å². The van der Waals surface area contributed by atoms with Crippen molar-refractivity contribution in [2.24, 2.45) is 23.7 Å². The fraction of sp³-hybridized carbons (Fsp3) is 0.862. The number of rotatable bonds is 16. The third kappa shape index (κ3) is 11.2. The van der Waals surface area contributed by atoms with Gasteiger partial charge in [0, 0.05) is 6.61 Å². The van der Waals surface area contributed by atoms with Gasteiger partial charge >= 0.3 is 0 Å².